The molecule has 7 rings (SSSR count). The van der Waals surface area contributed by atoms with E-state index >= 15 is 0 Å². The number of aromatic nitrogens is 6. The van der Waals surface area contributed by atoms with Crippen LogP contribution in [0.1, 0.15) is 21.1 Å². The second kappa shape index (κ2) is 14.8. The monoisotopic (exact) mass is 693 g/mol. The predicted molar refractivity (Wildman–Crippen MR) is 192 cm³/mol. The summed E-state index contributed by atoms with van der Waals surface area (Å²) in [6, 6.07) is 17.0. The van der Waals surface area contributed by atoms with Gasteiger partial charge in [-0.3, -0.25) is 24.3 Å². The number of ether oxygens (including phenoxy) is 3. The first-order valence-corrected chi connectivity index (χ1v) is 16.7. The lowest BCUT2D eigenvalue weighted by Gasteiger charge is -2.30. The van der Waals surface area contributed by atoms with E-state index in [0.717, 1.165) is 33.2 Å². The Kier molecular flexibility index (Phi) is 9.16. The molecule has 5 heterocycles. The van der Waals surface area contributed by atoms with E-state index < -0.39 is 23.9 Å². The Hall–Kier alpha value is -5.44. The number of carbonyl (C=O) groups excluding carboxylic acids is 2. The Bertz CT molecular complexity index is 2130. The van der Waals surface area contributed by atoms with Crippen molar-refractivity contribution in [1.82, 2.24) is 39.7 Å². The van der Waals surface area contributed by atoms with Gasteiger partial charge in [-0.1, -0.05) is 30.3 Å². The van der Waals surface area contributed by atoms with Crippen LogP contribution in [0.25, 0.3) is 39.1 Å². The third kappa shape index (κ3) is 7.38. The number of aryl methyl sites for hydroxylation is 1. The number of nitrogens with zero attached hydrogens (tertiary/aromatic N) is 7. The summed E-state index contributed by atoms with van der Waals surface area (Å²) < 4.78 is 35.8. The van der Waals surface area contributed by atoms with Gasteiger partial charge in [0.2, 0.25) is 11.8 Å². The molecule has 2 aromatic carbocycles. The Balaban J connectivity index is 0.988. The average Bonchev–Trinajstić information content (AvgIpc) is 3.94. The number of methoxy groups -OCH3 is 2. The summed E-state index contributed by atoms with van der Waals surface area (Å²) in [6.45, 7) is -0.776. The molecule has 1 fully saturated rings. The van der Waals surface area contributed by atoms with E-state index in [0.29, 0.717) is 49.3 Å². The van der Waals surface area contributed by atoms with E-state index in [-0.39, 0.29) is 26.1 Å². The van der Waals surface area contributed by atoms with Crippen LogP contribution in [-0.2, 0) is 26.1 Å². The number of amides is 2. The van der Waals surface area contributed by atoms with E-state index in [2.05, 4.69) is 30.6 Å². The molecule has 2 aliphatic rings. The molecule has 14 nitrogen and oxygen atoms in total. The number of rotatable bonds is 12. The van der Waals surface area contributed by atoms with E-state index in [1.807, 2.05) is 55.6 Å². The van der Waals surface area contributed by atoms with Crippen molar-refractivity contribution >= 4 is 34.0 Å². The first kappa shape index (κ1) is 31.5. The first-order valence-electron chi connectivity index (χ1n) is 17.7. The molecule has 1 saturated heterocycles. The van der Waals surface area contributed by atoms with Crippen LogP contribution < -0.4 is 10.1 Å². The van der Waals surface area contributed by atoms with Gasteiger partial charge in [0.1, 0.15) is 18.6 Å². The minimum atomic E-state index is -2.34. The van der Waals surface area contributed by atoms with Gasteiger partial charge < -0.3 is 24.4 Å². The van der Waals surface area contributed by atoms with Gasteiger partial charge in [-0.2, -0.15) is 10.2 Å². The number of benzene rings is 2. The first-order chi connectivity index (χ1) is 25.6. The number of fused-ring (bicyclic) bond motifs is 1. The largest absolute Gasteiger partial charge is 0.475 e. The third-order valence-electron chi connectivity index (χ3n) is 9.27. The van der Waals surface area contributed by atoms with Gasteiger partial charge in [-0.05, 0) is 48.2 Å². The smallest absolute Gasteiger partial charge is 0.258 e. The molecule has 14 heteroatoms. The van der Waals surface area contributed by atoms with Gasteiger partial charge in [-0.15, -0.1) is 0 Å². The molecule has 51 heavy (non-hydrogen) atoms. The number of hydrogen-bond donors (Lipinski definition) is 2. The molecule has 2 N–H and O–H groups in total. The molecule has 1 atom stereocenters. The molecule has 264 valence electrons. The van der Waals surface area contributed by atoms with Crippen LogP contribution in [0.4, 0.5) is 5.69 Å². The molecule has 0 saturated carbocycles. The molecule has 2 aliphatic heterocycles. The zero-order chi connectivity index (χ0) is 37.2. The Morgan fingerprint density at radius 3 is 2.55 bits per heavy atom. The maximum absolute atomic E-state index is 13.8. The van der Waals surface area contributed by atoms with Crippen LogP contribution in [0.3, 0.4) is 0 Å². The number of hydrogen-bond acceptors (Lipinski definition) is 10. The van der Waals surface area contributed by atoms with Crippen LogP contribution in [0, 0.1) is 0 Å². The van der Waals surface area contributed by atoms with Crippen molar-refractivity contribution < 1.29 is 26.5 Å². The number of aromatic amines is 1. The molecule has 0 aliphatic carbocycles. The van der Waals surface area contributed by atoms with E-state index in [9.17, 15) is 9.59 Å². The number of likely N-dealkylation sites (tertiary alicyclic amines) is 1. The van der Waals surface area contributed by atoms with Crippen LogP contribution in [0.5, 0.6) is 5.88 Å². The summed E-state index contributed by atoms with van der Waals surface area (Å²) in [5, 5.41) is 15.6. The van der Waals surface area contributed by atoms with E-state index in [4.69, 9.17) is 17.0 Å². The van der Waals surface area contributed by atoms with Crippen molar-refractivity contribution in [2.45, 2.75) is 18.4 Å². The van der Waals surface area contributed by atoms with Gasteiger partial charge in [0.05, 0.1) is 21.4 Å². The van der Waals surface area contributed by atoms with Gasteiger partial charge in [0.25, 0.3) is 5.91 Å². The van der Waals surface area contributed by atoms with Crippen molar-refractivity contribution in [2.75, 3.05) is 65.4 Å². The molecule has 0 bridgehead atoms. The van der Waals surface area contributed by atoms with Crippen molar-refractivity contribution in [3.8, 4) is 28.5 Å². The lowest BCUT2D eigenvalue weighted by Crippen LogP contribution is -2.48. The molecule has 0 radical (unpaired) electrons. The summed E-state index contributed by atoms with van der Waals surface area (Å²) in [7, 11) is 4.86. The average molecular weight is 694 g/mol. The molecule has 2 amide bonds. The highest BCUT2D eigenvalue weighted by Crippen LogP contribution is 2.31. The van der Waals surface area contributed by atoms with E-state index in [1.165, 1.54) is 16.9 Å². The molecule has 3 aromatic heterocycles. The van der Waals surface area contributed by atoms with E-state index in [1.54, 1.807) is 36.4 Å². The number of H-pyrrole nitrogens is 1. The summed E-state index contributed by atoms with van der Waals surface area (Å²) in [5.74, 6) is 0.0572. The topological polar surface area (TPSA) is 153 Å². The molecule has 1 unspecified atom stereocenters. The molecule has 0 spiro atoms. The van der Waals surface area contributed by atoms with Crippen LogP contribution in [0.15, 0.2) is 73.2 Å². The highest BCUT2D eigenvalue weighted by Gasteiger charge is 2.45. The third-order valence-corrected chi connectivity index (χ3v) is 9.27. The molecule has 5 aromatic rings. The maximum Gasteiger partial charge on any atom is 0.258 e. The van der Waals surface area contributed by atoms with Crippen LogP contribution in [0.2, 0.25) is 0 Å². The fraction of sp³-hybridized carbons (Fsp3) is 0.351. The summed E-state index contributed by atoms with van der Waals surface area (Å²) in [6.07, 6.45) is 6.09. The molecular formula is C37H41N9O5. The van der Waals surface area contributed by atoms with Gasteiger partial charge in [0, 0.05) is 81.9 Å². The summed E-state index contributed by atoms with van der Waals surface area (Å²) in [4.78, 5) is 39.0. The fourth-order valence-electron chi connectivity index (χ4n) is 6.34. The predicted octanol–water partition coefficient (Wildman–Crippen LogP) is 3.79. The van der Waals surface area contributed by atoms with Crippen molar-refractivity contribution in [3.05, 3.63) is 78.8 Å². The van der Waals surface area contributed by atoms with Crippen molar-refractivity contribution in [1.29, 1.82) is 0 Å². The Morgan fingerprint density at radius 2 is 1.84 bits per heavy atom. The minimum absolute atomic E-state index is 0.0931. The minimum Gasteiger partial charge on any atom is -0.475 e. The van der Waals surface area contributed by atoms with Crippen molar-refractivity contribution in [3.63, 3.8) is 0 Å². The van der Waals surface area contributed by atoms with Crippen molar-refractivity contribution in [2.24, 2.45) is 7.05 Å². The number of carbonyl (C=O) groups is 2. The Morgan fingerprint density at radius 1 is 1.02 bits per heavy atom. The van der Waals surface area contributed by atoms with Gasteiger partial charge in [0.15, 0.2) is 11.4 Å². The van der Waals surface area contributed by atoms with Crippen LogP contribution >= 0.6 is 0 Å². The summed E-state index contributed by atoms with van der Waals surface area (Å²) in [5.41, 5.74) is 4.38. The lowest BCUT2D eigenvalue weighted by molar-refractivity contribution is -0.138. The maximum atomic E-state index is 13.8. The quantitative estimate of drug-likeness (QED) is 0.185. The number of pyridine rings is 1. The second-order valence-electron chi connectivity index (χ2n) is 12.5. The highest BCUT2D eigenvalue weighted by molar-refractivity contribution is 6.01. The zero-order valence-electron chi connectivity index (χ0n) is 30.8. The fourth-order valence-corrected chi connectivity index (χ4v) is 6.34. The Labute approximate surface area is 298 Å². The number of anilines is 1. The lowest BCUT2D eigenvalue weighted by atomic mass is 9.98. The standard InChI is InChI=1S/C37H41N9O5/c1-44-24-39-35(43-44)27-6-4-25(5-7-27)26-12-15-46(16-13-26)33(47)22-45-17-14-37(23-45,50-3)36(48)40-29-9-10-31-30(20-29)34(42-41-31)28-8-11-32(38-21-28)51-19-18-49-2/h4-12,20-21,24H,13-19,22-23H2,1-3H3,(H,40,48)(H,41,42)/i22D2. The highest BCUT2D eigenvalue weighted by atomic mass is 16.5. The second-order valence-corrected chi connectivity index (χ2v) is 12.5. The summed E-state index contributed by atoms with van der Waals surface area (Å²) >= 11 is 0. The SMILES string of the molecule is [2H]C([2H])(C(=O)N1CC=C(c2ccc(-c3ncn(C)n3)cc2)CC1)N1CCC(OC)(C(=O)Nc2ccc3[nH]nc(-c4ccc(OCCOC)nc4)c3c2)C1. The van der Waals surface area contributed by atoms with Crippen LogP contribution in [-0.4, -0.2) is 117 Å². The molecular weight excluding hydrogens is 650 g/mol. The van der Waals surface area contributed by atoms with Gasteiger partial charge in [-0.25, -0.2) is 9.97 Å². The van der Waals surface area contributed by atoms with Gasteiger partial charge >= 0.3 is 0 Å². The normalized spacial score (nSPS) is 18.7. The zero-order valence-corrected chi connectivity index (χ0v) is 28.8. The number of nitrogens with one attached hydrogen (secondary N) is 2.